The van der Waals surface area contributed by atoms with Gasteiger partial charge in [0, 0.05) is 12.3 Å². The number of benzene rings is 1. The Labute approximate surface area is 158 Å². The Morgan fingerprint density at radius 1 is 1.27 bits per heavy atom. The Morgan fingerprint density at radius 3 is 2.81 bits per heavy atom. The number of aryl methyl sites for hydroxylation is 1. The summed E-state index contributed by atoms with van der Waals surface area (Å²) in [6.45, 7) is 3.07. The van der Waals surface area contributed by atoms with Crippen LogP contribution in [0.4, 0.5) is 0 Å². The first-order valence-electron chi connectivity index (χ1n) is 8.86. The number of carbonyl (C=O) groups is 2. The maximum absolute atomic E-state index is 12.5. The SMILES string of the molecule is Cc1ccc(CSCC(=O)N2CCCC2C(=O)NCc2ccco2)cc1. The largest absolute Gasteiger partial charge is 0.467 e. The van der Waals surface area contributed by atoms with E-state index in [1.165, 1.54) is 11.1 Å². The third-order valence-corrected chi connectivity index (χ3v) is 5.50. The maximum atomic E-state index is 12.5. The summed E-state index contributed by atoms with van der Waals surface area (Å²) in [5, 5.41) is 2.87. The van der Waals surface area contributed by atoms with Crippen LogP contribution in [-0.2, 0) is 21.9 Å². The molecule has 1 aliphatic rings. The minimum Gasteiger partial charge on any atom is -0.467 e. The number of hydrogen-bond acceptors (Lipinski definition) is 4. The van der Waals surface area contributed by atoms with E-state index in [-0.39, 0.29) is 17.9 Å². The molecule has 0 bridgehead atoms. The molecule has 1 atom stereocenters. The van der Waals surface area contributed by atoms with E-state index in [0.29, 0.717) is 24.6 Å². The molecule has 1 saturated heterocycles. The van der Waals surface area contributed by atoms with Crippen molar-refractivity contribution in [1.82, 2.24) is 10.2 Å². The highest BCUT2D eigenvalue weighted by Crippen LogP contribution is 2.20. The first-order valence-corrected chi connectivity index (χ1v) is 10.0. The summed E-state index contributed by atoms with van der Waals surface area (Å²) in [5.74, 6) is 1.85. The third kappa shape index (κ3) is 4.91. The zero-order valence-electron chi connectivity index (χ0n) is 14.9. The fraction of sp³-hybridized carbons (Fsp3) is 0.400. The van der Waals surface area contributed by atoms with Gasteiger partial charge in [-0.3, -0.25) is 9.59 Å². The van der Waals surface area contributed by atoms with Gasteiger partial charge in [0.1, 0.15) is 11.8 Å². The van der Waals surface area contributed by atoms with E-state index < -0.39 is 0 Å². The number of hydrogen-bond donors (Lipinski definition) is 1. The van der Waals surface area contributed by atoms with Crippen molar-refractivity contribution in [2.45, 2.75) is 38.1 Å². The zero-order chi connectivity index (χ0) is 18.4. The Balaban J connectivity index is 1.46. The molecular weight excluding hydrogens is 348 g/mol. The minimum atomic E-state index is -0.363. The lowest BCUT2D eigenvalue weighted by Gasteiger charge is -2.23. The molecule has 1 fully saturated rings. The first-order chi connectivity index (χ1) is 12.6. The highest BCUT2D eigenvalue weighted by atomic mass is 32.2. The van der Waals surface area contributed by atoms with Gasteiger partial charge in [-0.1, -0.05) is 29.8 Å². The van der Waals surface area contributed by atoms with E-state index in [0.717, 1.165) is 18.6 Å². The van der Waals surface area contributed by atoms with Crippen molar-refractivity contribution in [3.05, 3.63) is 59.5 Å². The van der Waals surface area contributed by atoms with Gasteiger partial charge in [-0.15, -0.1) is 11.8 Å². The number of carbonyl (C=O) groups excluding carboxylic acids is 2. The van der Waals surface area contributed by atoms with E-state index in [1.807, 2.05) is 6.07 Å². The molecule has 5 nitrogen and oxygen atoms in total. The molecule has 3 rings (SSSR count). The molecule has 1 N–H and O–H groups in total. The fourth-order valence-corrected chi connectivity index (χ4v) is 3.94. The van der Waals surface area contributed by atoms with Gasteiger partial charge in [-0.2, -0.15) is 0 Å². The van der Waals surface area contributed by atoms with Crippen molar-refractivity contribution in [2.24, 2.45) is 0 Å². The molecule has 2 aromatic rings. The summed E-state index contributed by atoms with van der Waals surface area (Å²) in [5.41, 5.74) is 2.44. The van der Waals surface area contributed by atoms with E-state index in [4.69, 9.17) is 4.42 Å². The molecule has 1 aliphatic heterocycles. The Kier molecular flexibility index (Phi) is 6.39. The topological polar surface area (TPSA) is 62.6 Å². The van der Waals surface area contributed by atoms with Crippen LogP contribution in [0.5, 0.6) is 0 Å². The van der Waals surface area contributed by atoms with E-state index in [9.17, 15) is 9.59 Å². The van der Waals surface area contributed by atoms with Crippen molar-refractivity contribution in [3.63, 3.8) is 0 Å². The second-order valence-corrected chi connectivity index (χ2v) is 7.51. The number of nitrogens with one attached hydrogen (secondary N) is 1. The highest BCUT2D eigenvalue weighted by molar-refractivity contribution is 7.99. The lowest BCUT2D eigenvalue weighted by Crippen LogP contribution is -2.46. The maximum Gasteiger partial charge on any atom is 0.243 e. The van der Waals surface area contributed by atoms with Gasteiger partial charge in [-0.25, -0.2) is 0 Å². The summed E-state index contributed by atoms with van der Waals surface area (Å²) >= 11 is 1.59. The number of furan rings is 1. The zero-order valence-corrected chi connectivity index (χ0v) is 15.8. The number of nitrogens with zero attached hydrogens (tertiary/aromatic N) is 1. The van der Waals surface area contributed by atoms with Crippen LogP contribution in [0.3, 0.4) is 0 Å². The minimum absolute atomic E-state index is 0.0396. The summed E-state index contributed by atoms with van der Waals surface area (Å²) in [6.07, 6.45) is 3.17. The number of amides is 2. The standard InChI is InChI=1S/C20H24N2O3S/c1-15-6-8-16(9-7-15)13-26-14-19(23)22-10-2-5-18(22)20(24)21-12-17-4-3-11-25-17/h3-4,6-9,11,18H,2,5,10,12-14H2,1H3,(H,21,24). The number of rotatable bonds is 7. The second-order valence-electron chi connectivity index (χ2n) is 6.52. The highest BCUT2D eigenvalue weighted by Gasteiger charge is 2.33. The molecule has 1 aromatic heterocycles. The van der Waals surface area contributed by atoms with E-state index in [2.05, 4.69) is 36.5 Å². The molecule has 1 aromatic carbocycles. The van der Waals surface area contributed by atoms with Gasteiger partial charge < -0.3 is 14.6 Å². The van der Waals surface area contributed by atoms with Crippen LogP contribution in [0.25, 0.3) is 0 Å². The summed E-state index contributed by atoms with van der Waals surface area (Å²) in [7, 11) is 0. The molecule has 1 unspecified atom stereocenters. The quantitative estimate of drug-likeness (QED) is 0.811. The molecule has 26 heavy (non-hydrogen) atoms. The number of likely N-dealkylation sites (tertiary alicyclic amines) is 1. The molecule has 2 amide bonds. The number of thioether (sulfide) groups is 1. The van der Waals surface area contributed by atoms with E-state index in [1.54, 1.807) is 29.0 Å². The molecule has 0 spiro atoms. The molecule has 0 radical (unpaired) electrons. The van der Waals surface area contributed by atoms with Crippen LogP contribution >= 0.6 is 11.8 Å². The van der Waals surface area contributed by atoms with Crippen LogP contribution in [0.1, 0.15) is 29.7 Å². The summed E-state index contributed by atoms with van der Waals surface area (Å²) < 4.78 is 5.22. The third-order valence-electron chi connectivity index (χ3n) is 4.51. The van der Waals surface area contributed by atoms with Crippen LogP contribution < -0.4 is 5.32 Å². The van der Waals surface area contributed by atoms with Gasteiger partial charge in [-0.05, 0) is 37.5 Å². The van der Waals surface area contributed by atoms with Crippen molar-refractivity contribution < 1.29 is 14.0 Å². The Bertz CT molecular complexity index is 728. The summed E-state index contributed by atoms with van der Waals surface area (Å²) in [6, 6.07) is 11.6. The van der Waals surface area contributed by atoms with E-state index >= 15 is 0 Å². The average Bonchev–Trinajstić information content (AvgIpc) is 3.33. The van der Waals surface area contributed by atoms with Crippen LogP contribution in [0.2, 0.25) is 0 Å². The van der Waals surface area contributed by atoms with Crippen molar-refractivity contribution in [1.29, 1.82) is 0 Å². The predicted octanol–water partition coefficient (Wildman–Crippen LogP) is 3.13. The van der Waals surface area contributed by atoms with Crippen molar-refractivity contribution in [2.75, 3.05) is 12.3 Å². The lowest BCUT2D eigenvalue weighted by molar-refractivity contribution is -0.136. The van der Waals surface area contributed by atoms with Gasteiger partial charge in [0.2, 0.25) is 11.8 Å². The Morgan fingerprint density at radius 2 is 2.08 bits per heavy atom. The molecule has 6 heteroatoms. The second kappa shape index (κ2) is 8.94. The lowest BCUT2D eigenvalue weighted by atomic mass is 10.2. The van der Waals surface area contributed by atoms with Gasteiger partial charge in [0.05, 0.1) is 18.6 Å². The van der Waals surface area contributed by atoms with Crippen molar-refractivity contribution >= 4 is 23.6 Å². The first kappa shape index (κ1) is 18.6. The predicted molar refractivity (Wildman–Crippen MR) is 103 cm³/mol. The monoisotopic (exact) mass is 372 g/mol. The van der Waals surface area contributed by atoms with Gasteiger partial charge in [0.15, 0.2) is 0 Å². The van der Waals surface area contributed by atoms with Gasteiger partial charge in [0.25, 0.3) is 0 Å². The van der Waals surface area contributed by atoms with Crippen LogP contribution in [0.15, 0.2) is 47.1 Å². The molecular formula is C20H24N2O3S. The smallest absolute Gasteiger partial charge is 0.243 e. The normalized spacial score (nSPS) is 16.7. The molecule has 138 valence electrons. The fourth-order valence-electron chi connectivity index (χ4n) is 3.07. The van der Waals surface area contributed by atoms with Gasteiger partial charge >= 0.3 is 0 Å². The molecule has 2 heterocycles. The van der Waals surface area contributed by atoms with Crippen molar-refractivity contribution in [3.8, 4) is 0 Å². The molecule has 0 saturated carbocycles. The molecule has 0 aliphatic carbocycles. The summed E-state index contributed by atoms with van der Waals surface area (Å²) in [4.78, 5) is 26.7. The van der Waals surface area contributed by atoms with Crippen LogP contribution in [-0.4, -0.2) is 35.1 Å². The van der Waals surface area contributed by atoms with Crippen LogP contribution in [0, 0.1) is 6.92 Å². The Hall–Kier alpha value is -2.21. The average molecular weight is 372 g/mol.